The quantitative estimate of drug-likeness (QED) is 0.786. The van der Waals surface area contributed by atoms with Gasteiger partial charge in [-0.2, -0.15) is 0 Å². The molecule has 2 aliphatic carbocycles. The van der Waals surface area contributed by atoms with Crippen molar-refractivity contribution in [3.05, 3.63) is 0 Å². The zero-order valence-electron chi connectivity index (χ0n) is 13.6. The number of rotatable bonds is 2. The summed E-state index contributed by atoms with van der Waals surface area (Å²) in [5, 5.41) is 0. The number of carbonyl (C=O) groups excluding carboxylic acids is 1. The van der Waals surface area contributed by atoms with Crippen molar-refractivity contribution in [3.63, 3.8) is 0 Å². The van der Waals surface area contributed by atoms with E-state index in [1.165, 1.54) is 6.42 Å². The molecule has 0 aromatic heterocycles. The van der Waals surface area contributed by atoms with E-state index >= 15 is 0 Å². The fraction of sp³-hybridized carbons (Fsp3) is 0.941. The Labute approximate surface area is 123 Å². The molecule has 20 heavy (non-hydrogen) atoms. The molecule has 0 spiro atoms. The van der Waals surface area contributed by atoms with Gasteiger partial charge in [0.15, 0.2) is 0 Å². The van der Waals surface area contributed by atoms with Crippen LogP contribution in [-0.4, -0.2) is 17.6 Å². The standard InChI is InChI=1S/C17H31NO2/c1-12-5-7-17(18,8-6-12)15(19)20-14-9-13(2)10-16(3,4)11-14/h12-14H,5-11,18H2,1-4H3. The van der Waals surface area contributed by atoms with E-state index in [-0.39, 0.29) is 17.5 Å². The Kier molecular flexibility index (Phi) is 4.48. The smallest absolute Gasteiger partial charge is 0.326 e. The van der Waals surface area contributed by atoms with Gasteiger partial charge in [0.25, 0.3) is 0 Å². The summed E-state index contributed by atoms with van der Waals surface area (Å²) < 4.78 is 5.81. The third-order valence-corrected chi connectivity index (χ3v) is 5.19. The summed E-state index contributed by atoms with van der Waals surface area (Å²) >= 11 is 0. The van der Waals surface area contributed by atoms with E-state index in [0.717, 1.165) is 38.5 Å². The SMILES string of the molecule is CC1CCC(N)(C(=O)OC2CC(C)CC(C)(C)C2)CC1. The lowest BCUT2D eigenvalue weighted by atomic mass is 9.71. The first-order valence-electron chi connectivity index (χ1n) is 8.20. The van der Waals surface area contributed by atoms with E-state index in [1.807, 2.05) is 0 Å². The van der Waals surface area contributed by atoms with Crippen LogP contribution in [-0.2, 0) is 9.53 Å². The van der Waals surface area contributed by atoms with Crippen molar-refractivity contribution in [2.45, 2.75) is 84.3 Å². The van der Waals surface area contributed by atoms with Crippen LogP contribution in [0.3, 0.4) is 0 Å². The summed E-state index contributed by atoms with van der Waals surface area (Å²) in [4.78, 5) is 12.5. The molecule has 3 heteroatoms. The number of hydrogen-bond acceptors (Lipinski definition) is 3. The fourth-order valence-electron chi connectivity index (χ4n) is 4.10. The Morgan fingerprint density at radius 3 is 2.25 bits per heavy atom. The molecule has 0 aromatic rings. The Hall–Kier alpha value is -0.570. The maximum atomic E-state index is 12.5. The van der Waals surface area contributed by atoms with E-state index in [4.69, 9.17) is 10.5 Å². The van der Waals surface area contributed by atoms with E-state index in [2.05, 4.69) is 27.7 Å². The molecule has 0 aliphatic heterocycles. The lowest BCUT2D eigenvalue weighted by molar-refractivity contribution is -0.161. The maximum Gasteiger partial charge on any atom is 0.326 e. The molecule has 2 fully saturated rings. The third kappa shape index (κ3) is 3.75. The second kappa shape index (κ2) is 5.67. The van der Waals surface area contributed by atoms with Crippen LogP contribution in [0.15, 0.2) is 0 Å². The summed E-state index contributed by atoms with van der Waals surface area (Å²) in [5.41, 5.74) is 5.85. The molecule has 116 valence electrons. The number of nitrogens with two attached hydrogens (primary N) is 1. The predicted octanol–water partition coefficient (Wildman–Crippen LogP) is 3.65. The topological polar surface area (TPSA) is 52.3 Å². The van der Waals surface area contributed by atoms with Crippen LogP contribution in [0.1, 0.15) is 72.6 Å². The van der Waals surface area contributed by atoms with Crippen molar-refractivity contribution in [2.75, 3.05) is 0 Å². The van der Waals surface area contributed by atoms with Crippen molar-refractivity contribution in [1.82, 2.24) is 0 Å². The van der Waals surface area contributed by atoms with Gasteiger partial charge in [-0.05, 0) is 62.2 Å². The highest BCUT2D eigenvalue weighted by Gasteiger charge is 2.41. The van der Waals surface area contributed by atoms with Crippen LogP contribution >= 0.6 is 0 Å². The Morgan fingerprint density at radius 2 is 1.70 bits per heavy atom. The van der Waals surface area contributed by atoms with Crippen molar-refractivity contribution >= 4 is 5.97 Å². The highest BCUT2D eigenvalue weighted by atomic mass is 16.5. The minimum atomic E-state index is -0.725. The van der Waals surface area contributed by atoms with Crippen molar-refractivity contribution in [2.24, 2.45) is 23.0 Å². The minimum Gasteiger partial charge on any atom is -0.461 e. The third-order valence-electron chi connectivity index (χ3n) is 5.19. The fourth-order valence-corrected chi connectivity index (χ4v) is 4.10. The average molecular weight is 281 g/mol. The zero-order valence-corrected chi connectivity index (χ0v) is 13.6. The van der Waals surface area contributed by atoms with Gasteiger partial charge in [-0.1, -0.05) is 27.7 Å². The summed E-state index contributed by atoms with van der Waals surface area (Å²) in [5.74, 6) is 1.16. The highest BCUT2D eigenvalue weighted by molar-refractivity contribution is 5.80. The van der Waals surface area contributed by atoms with Crippen molar-refractivity contribution < 1.29 is 9.53 Å². The number of ether oxygens (including phenoxy) is 1. The molecular weight excluding hydrogens is 250 g/mol. The number of carbonyl (C=O) groups is 1. The molecule has 0 radical (unpaired) electrons. The molecule has 2 aliphatic rings. The van der Waals surface area contributed by atoms with Crippen LogP contribution in [0.4, 0.5) is 0 Å². The van der Waals surface area contributed by atoms with E-state index in [1.54, 1.807) is 0 Å². The first kappa shape index (κ1) is 15.8. The van der Waals surface area contributed by atoms with Crippen LogP contribution in [0.25, 0.3) is 0 Å². The predicted molar refractivity (Wildman–Crippen MR) is 81.2 cm³/mol. The van der Waals surface area contributed by atoms with E-state index < -0.39 is 5.54 Å². The van der Waals surface area contributed by atoms with Gasteiger partial charge < -0.3 is 10.5 Å². The van der Waals surface area contributed by atoms with E-state index in [0.29, 0.717) is 11.8 Å². The highest BCUT2D eigenvalue weighted by Crippen LogP contribution is 2.40. The molecule has 3 nitrogen and oxygen atoms in total. The van der Waals surface area contributed by atoms with E-state index in [9.17, 15) is 4.79 Å². The maximum absolute atomic E-state index is 12.5. The Balaban J connectivity index is 1.94. The first-order chi connectivity index (χ1) is 9.20. The van der Waals surface area contributed by atoms with Gasteiger partial charge in [0.1, 0.15) is 11.6 Å². The summed E-state index contributed by atoms with van der Waals surface area (Å²) in [6.07, 6.45) is 6.86. The van der Waals surface area contributed by atoms with Crippen LogP contribution < -0.4 is 5.73 Å². The van der Waals surface area contributed by atoms with Crippen LogP contribution in [0.5, 0.6) is 0 Å². The molecule has 0 heterocycles. The van der Waals surface area contributed by atoms with Crippen molar-refractivity contribution in [1.29, 1.82) is 0 Å². The summed E-state index contributed by atoms with van der Waals surface area (Å²) in [6.45, 7) is 9.02. The second-order valence-corrected chi connectivity index (χ2v) is 8.28. The molecule has 0 aromatic carbocycles. The molecule has 2 N–H and O–H groups in total. The van der Waals surface area contributed by atoms with Gasteiger partial charge >= 0.3 is 5.97 Å². The summed E-state index contributed by atoms with van der Waals surface area (Å²) in [6, 6.07) is 0. The molecule has 2 saturated carbocycles. The minimum absolute atomic E-state index is 0.0565. The summed E-state index contributed by atoms with van der Waals surface area (Å²) in [7, 11) is 0. The van der Waals surface area contributed by atoms with Gasteiger partial charge in [-0.3, -0.25) is 4.79 Å². The molecule has 2 unspecified atom stereocenters. The molecular formula is C17H31NO2. The number of esters is 1. The molecule has 0 bridgehead atoms. The molecule has 2 atom stereocenters. The number of hydrogen-bond donors (Lipinski definition) is 1. The normalized spacial score (nSPS) is 41.1. The van der Waals surface area contributed by atoms with Gasteiger partial charge in [0.05, 0.1) is 0 Å². The van der Waals surface area contributed by atoms with Crippen LogP contribution in [0, 0.1) is 17.3 Å². The van der Waals surface area contributed by atoms with Crippen molar-refractivity contribution in [3.8, 4) is 0 Å². The Bertz CT molecular complexity index is 356. The first-order valence-corrected chi connectivity index (χ1v) is 8.20. The van der Waals surface area contributed by atoms with Gasteiger partial charge in [-0.25, -0.2) is 0 Å². The molecule has 0 amide bonds. The van der Waals surface area contributed by atoms with Crippen LogP contribution in [0.2, 0.25) is 0 Å². The average Bonchev–Trinajstić information content (AvgIpc) is 2.30. The van der Waals surface area contributed by atoms with Gasteiger partial charge in [0.2, 0.25) is 0 Å². The lowest BCUT2D eigenvalue weighted by Gasteiger charge is -2.40. The largest absolute Gasteiger partial charge is 0.461 e. The second-order valence-electron chi connectivity index (χ2n) is 8.28. The van der Waals surface area contributed by atoms with Gasteiger partial charge in [-0.15, -0.1) is 0 Å². The zero-order chi connectivity index (χ0) is 15.0. The lowest BCUT2D eigenvalue weighted by Crippen LogP contribution is -2.52. The monoisotopic (exact) mass is 281 g/mol. The molecule has 2 rings (SSSR count). The van der Waals surface area contributed by atoms with Gasteiger partial charge in [0, 0.05) is 0 Å². The molecule has 0 saturated heterocycles. The Morgan fingerprint density at radius 1 is 1.10 bits per heavy atom.